The van der Waals surface area contributed by atoms with Gasteiger partial charge in [0.25, 0.3) is 0 Å². The van der Waals surface area contributed by atoms with Crippen molar-refractivity contribution in [3.05, 3.63) is 28.4 Å². The molecule has 2 rings (SSSR count). The highest BCUT2D eigenvalue weighted by molar-refractivity contribution is 9.10. The Kier molecular flexibility index (Phi) is 2.60. The molecule has 0 aliphatic carbocycles. The van der Waals surface area contributed by atoms with E-state index in [9.17, 15) is 0 Å². The standard InChI is InChI=1S/C7H8BrN5O/c8-6-2-1-5(14-6)4-13-7(3-9)10-11-12-13/h1-2H,3-4,9H2. The normalized spacial score (nSPS) is 10.7. The molecule has 0 atom stereocenters. The Morgan fingerprint density at radius 1 is 1.50 bits per heavy atom. The van der Waals surface area contributed by atoms with Crippen LogP contribution in [0, 0.1) is 0 Å². The number of aromatic nitrogens is 4. The van der Waals surface area contributed by atoms with Gasteiger partial charge in [0.15, 0.2) is 10.5 Å². The summed E-state index contributed by atoms with van der Waals surface area (Å²) in [5.41, 5.74) is 5.45. The lowest BCUT2D eigenvalue weighted by Crippen LogP contribution is -2.10. The molecule has 0 saturated carbocycles. The summed E-state index contributed by atoms with van der Waals surface area (Å²) in [7, 11) is 0. The number of rotatable bonds is 3. The topological polar surface area (TPSA) is 82.8 Å². The van der Waals surface area contributed by atoms with Gasteiger partial charge in [0, 0.05) is 0 Å². The fourth-order valence-corrected chi connectivity index (χ4v) is 1.42. The van der Waals surface area contributed by atoms with Crippen molar-refractivity contribution in [2.24, 2.45) is 5.73 Å². The number of tetrazole rings is 1. The lowest BCUT2D eigenvalue weighted by Gasteiger charge is -1.98. The van der Waals surface area contributed by atoms with E-state index in [4.69, 9.17) is 10.2 Å². The number of hydrogen-bond acceptors (Lipinski definition) is 5. The highest BCUT2D eigenvalue weighted by Gasteiger charge is 2.06. The average Bonchev–Trinajstić information content (AvgIpc) is 2.76. The molecule has 2 aromatic rings. The second-order valence-electron chi connectivity index (χ2n) is 2.66. The number of nitrogens with zero attached hydrogens (tertiary/aromatic N) is 4. The third kappa shape index (κ3) is 1.83. The van der Waals surface area contributed by atoms with Crippen molar-refractivity contribution in [3.8, 4) is 0 Å². The first kappa shape index (κ1) is 9.35. The first-order valence-electron chi connectivity index (χ1n) is 3.99. The zero-order valence-electron chi connectivity index (χ0n) is 7.22. The van der Waals surface area contributed by atoms with Gasteiger partial charge < -0.3 is 10.2 Å². The van der Waals surface area contributed by atoms with E-state index in [1.165, 1.54) is 0 Å². The van der Waals surface area contributed by atoms with Gasteiger partial charge in [-0.2, -0.15) is 0 Å². The average molecular weight is 258 g/mol. The number of nitrogens with two attached hydrogens (primary N) is 1. The van der Waals surface area contributed by atoms with Gasteiger partial charge in [-0.15, -0.1) is 5.10 Å². The molecule has 0 radical (unpaired) electrons. The van der Waals surface area contributed by atoms with E-state index in [1.54, 1.807) is 4.68 Å². The van der Waals surface area contributed by atoms with Crippen LogP contribution in [0.5, 0.6) is 0 Å². The molecule has 0 aromatic carbocycles. The van der Waals surface area contributed by atoms with Crippen LogP contribution < -0.4 is 5.73 Å². The van der Waals surface area contributed by atoms with Gasteiger partial charge in [-0.3, -0.25) is 0 Å². The van der Waals surface area contributed by atoms with Gasteiger partial charge in [0.1, 0.15) is 12.3 Å². The van der Waals surface area contributed by atoms with Crippen molar-refractivity contribution < 1.29 is 4.42 Å². The van der Waals surface area contributed by atoms with Crippen LogP contribution in [-0.4, -0.2) is 20.2 Å². The molecule has 0 fully saturated rings. The number of hydrogen-bond donors (Lipinski definition) is 1. The minimum absolute atomic E-state index is 0.314. The maximum atomic E-state index is 5.45. The van der Waals surface area contributed by atoms with Gasteiger partial charge in [0.2, 0.25) is 0 Å². The van der Waals surface area contributed by atoms with Crippen LogP contribution in [-0.2, 0) is 13.1 Å². The molecule has 74 valence electrons. The van der Waals surface area contributed by atoms with E-state index in [0.717, 1.165) is 5.76 Å². The SMILES string of the molecule is NCc1nnnn1Cc1ccc(Br)o1. The highest BCUT2D eigenvalue weighted by Crippen LogP contribution is 2.14. The molecular weight excluding hydrogens is 250 g/mol. The first-order valence-corrected chi connectivity index (χ1v) is 4.78. The third-order valence-corrected chi connectivity index (χ3v) is 2.15. The zero-order valence-corrected chi connectivity index (χ0v) is 8.81. The van der Waals surface area contributed by atoms with E-state index in [0.29, 0.717) is 23.6 Å². The van der Waals surface area contributed by atoms with Gasteiger partial charge >= 0.3 is 0 Å². The minimum atomic E-state index is 0.314. The summed E-state index contributed by atoms with van der Waals surface area (Å²) in [4.78, 5) is 0. The van der Waals surface area contributed by atoms with E-state index in [2.05, 4.69) is 31.5 Å². The Bertz CT molecular complexity index is 423. The highest BCUT2D eigenvalue weighted by atomic mass is 79.9. The monoisotopic (exact) mass is 257 g/mol. The molecule has 2 aromatic heterocycles. The number of halogens is 1. The fraction of sp³-hybridized carbons (Fsp3) is 0.286. The summed E-state index contributed by atoms with van der Waals surface area (Å²) < 4.78 is 7.61. The summed E-state index contributed by atoms with van der Waals surface area (Å²) in [6.07, 6.45) is 0. The Morgan fingerprint density at radius 2 is 2.36 bits per heavy atom. The van der Waals surface area contributed by atoms with E-state index >= 15 is 0 Å². The molecule has 0 spiro atoms. The summed E-state index contributed by atoms with van der Waals surface area (Å²) in [6.45, 7) is 0.806. The predicted octanol–water partition coefficient (Wildman–Crippen LogP) is 0.536. The second-order valence-corrected chi connectivity index (χ2v) is 3.44. The summed E-state index contributed by atoms with van der Waals surface area (Å²) in [6, 6.07) is 3.67. The zero-order chi connectivity index (χ0) is 9.97. The molecule has 14 heavy (non-hydrogen) atoms. The molecule has 0 bridgehead atoms. The number of furan rings is 1. The van der Waals surface area contributed by atoms with E-state index in [-0.39, 0.29) is 0 Å². The van der Waals surface area contributed by atoms with Gasteiger partial charge in [-0.25, -0.2) is 4.68 Å². The third-order valence-electron chi connectivity index (χ3n) is 1.72. The van der Waals surface area contributed by atoms with Crippen molar-refractivity contribution in [1.29, 1.82) is 0 Å². The fourth-order valence-electron chi connectivity index (χ4n) is 1.08. The molecule has 6 nitrogen and oxygen atoms in total. The van der Waals surface area contributed by atoms with Crippen LogP contribution in [0.25, 0.3) is 0 Å². The Balaban J connectivity index is 2.18. The van der Waals surface area contributed by atoms with Crippen LogP contribution >= 0.6 is 15.9 Å². The van der Waals surface area contributed by atoms with Gasteiger partial charge in [-0.1, -0.05) is 0 Å². The van der Waals surface area contributed by atoms with Crippen LogP contribution in [0.15, 0.2) is 21.2 Å². The second kappa shape index (κ2) is 3.89. The first-order chi connectivity index (χ1) is 6.79. The van der Waals surface area contributed by atoms with Crippen molar-refractivity contribution >= 4 is 15.9 Å². The lowest BCUT2D eigenvalue weighted by molar-refractivity contribution is 0.453. The maximum absolute atomic E-state index is 5.45. The van der Waals surface area contributed by atoms with Crippen molar-refractivity contribution in [1.82, 2.24) is 20.2 Å². The molecule has 2 heterocycles. The molecule has 0 aliphatic heterocycles. The van der Waals surface area contributed by atoms with Crippen LogP contribution in [0.1, 0.15) is 11.6 Å². The Morgan fingerprint density at radius 3 is 3.00 bits per heavy atom. The molecule has 0 amide bonds. The van der Waals surface area contributed by atoms with Gasteiger partial charge in [0.05, 0.1) is 6.54 Å². The van der Waals surface area contributed by atoms with Crippen molar-refractivity contribution in [3.63, 3.8) is 0 Å². The Hall–Kier alpha value is -1.21. The molecule has 0 aliphatic rings. The van der Waals surface area contributed by atoms with Crippen molar-refractivity contribution in [2.75, 3.05) is 0 Å². The quantitative estimate of drug-likeness (QED) is 0.868. The van der Waals surface area contributed by atoms with Crippen LogP contribution in [0.2, 0.25) is 0 Å². The largest absolute Gasteiger partial charge is 0.452 e. The van der Waals surface area contributed by atoms with Crippen LogP contribution in [0.4, 0.5) is 0 Å². The molecule has 7 heteroatoms. The lowest BCUT2D eigenvalue weighted by atomic mass is 10.4. The minimum Gasteiger partial charge on any atom is -0.452 e. The Labute approximate surface area is 88.2 Å². The maximum Gasteiger partial charge on any atom is 0.169 e. The molecule has 0 unspecified atom stereocenters. The van der Waals surface area contributed by atoms with Crippen LogP contribution in [0.3, 0.4) is 0 Å². The smallest absolute Gasteiger partial charge is 0.169 e. The van der Waals surface area contributed by atoms with Crippen molar-refractivity contribution in [2.45, 2.75) is 13.1 Å². The summed E-state index contributed by atoms with van der Waals surface area (Å²) in [5, 5.41) is 11.1. The predicted molar refractivity (Wildman–Crippen MR) is 51.2 cm³/mol. The van der Waals surface area contributed by atoms with E-state index in [1.807, 2.05) is 12.1 Å². The molecule has 2 N–H and O–H groups in total. The van der Waals surface area contributed by atoms with Gasteiger partial charge in [-0.05, 0) is 38.5 Å². The summed E-state index contributed by atoms with van der Waals surface area (Å²) in [5.74, 6) is 1.41. The molecule has 0 saturated heterocycles. The van der Waals surface area contributed by atoms with E-state index < -0.39 is 0 Å². The molecular formula is C7H8BrN5O. The summed E-state index contributed by atoms with van der Waals surface area (Å²) >= 11 is 3.22.